The standard InChI is InChI=1S/C16H21NO3/c17-10-14(19)20-16-9-3-5-11-4-1-2-6-12(16)7-8-13(18)15(11)16/h11-12,15H,1-9H2/t11-,12+,15+,16+/m1/s1. The van der Waals surface area contributed by atoms with Gasteiger partial charge in [-0.05, 0) is 50.4 Å². The Kier molecular flexibility index (Phi) is 3.54. The smallest absolute Gasteiger partial charge is 0.411 e. The van der Waals surface area contributed by atoms with Crippen LogP contribution in [0.15, 0.2) is 0 Å². The molecule has 0 aliphatic heterocycles. The number of ether oxygens (including phenoxy) is 1. The number of nitriles is 1. The number of rotatable bonds is 1. The van der Waals surface area contributed by atoms with E-state index in [1.54, 1.807) is 6.07 Å². The number of nitrogens with zero attached hydrogens (tertiary/aromatic N) is 1. The highest BCUT2D eigenvalue weighted by Crippen LogP contribution is 2.54. The number of hydrogen-bond donors (Lipinski definition) is 0. The number of carbonyl (C=O) groups excluding carboxylic acids is 2. The lowest BCUT2D eigenvalue weighted by atomic mass is 9.55. The fourth-order valence-corrected chi connectivity index (χ4v) is 4.96. The van der Waals surface area contributed by atoms with Crippen LogP contribution in [0.1, 0.15) is 57.8 Å². The molecule has 0 spiro atoms. The maximum Gasteiger partial charge on any atom is 0.411 e. The fourth-order valence-electron chi connectivity index (χ4n) is 4.96. The van der Waals surface area contributed by atoms with Crippen molar-refractivity contribution in [1.82, 2.24) is 0 Å². The van der Waals surface area contributed by atoms with Gasteiger partial charge in [-0.1, -0.05) is 12.8 Å². The zero-order valence-electron chi connectivity index (χ0n) is 11.8. The van der Waals surface area contributed by atoms with Crippen LogP contribution >= 0.6 is 0 Å². The van der Waals surface area contributed by atoms with Crippen molar-refractivity contribution in [2.45, 2.75) is 63.4 Å². The minimum absolute atomic E-state index is 0.146. The van der Waals surface area contributed by atoms with Crippen LogP contribution in [0.4, 0.5) is 0 Å². The highest BCUT2D eigenvalue weighted by molar-refractivity contribution is 5.88. The molecule has 3 rings (SSSR count). The van der Waals surface area contributed by atoms with E-state index >= 15 is 0 Å². The van der Waals surface area contributed by atoms with E-state index in [0.29, 0.717) is 12.3 Å². The largest absolute Gasteiger partial charge is 0.447 e. The summed E-state index contributed by atoms with van der Waals surface area (Å²) in [5.41, 5.74) is -0.661. The van der Waals surface area contributed by atoms with Crippen LogP contribution in [-0.4, -0.2) is 17.4 Å². The average molecular weight is 275 g/mol. The molecule has 3 fully saturated rings. The summed E-state index contributed by atoms with van der Waals surface area (Å²) < 4.78 is 5.65. The van der Waals surface area contributed by atoms with E-state index in [1.165, 1.54) is 6.42 Å². The predicted molar refractivity (Wildman–Crippen MR) is 71.5 cm³/mol. The van der Waals surface area contributed by atoms with E-state index < -0.39 is 11.6 Å². The number of hydrogen-bond acceptors (Lipinski definition) is 4. The molecule has 4 atom stereocenters. The van der Waals surface area contributed by atoms with Crippen LogP contribution in [0, 0.1) is 29.1 Å². The van der Waals surface area contributed by atoms with Gasteiger partial charge in [0.25, 0.3) is 0 Å². The molecule has 3 aliphatic carbocycles. The van der Waals surface area contributed by atoms with Crippen molar-refractivity contribution >= 4 is 11.8 Å². The number of esters is 1. The third-order valence-electron chi connectivity index (χ3n) is 5.67. The third-order valence-corrected chi connectivity index (χ3v) is 5.67. The fraction of sp³-hybridized carbons (Fsp3) is 0.812. The van der Waals surface area contributed by atoms with E-state index in [2.05, 4.69) is 0 Å². The topological polar surface area (TPSA) is 67.2 Å². The summed E-state index contributed by atoms with van der Waals surface area (Å²) in [6.45, 7) is 0. The van der Waals surface area contributed by atoms with Crippen LogP contribution in [0.5, 0.6) is 0 Å². The minimum Gasteiger partial charge on any atom is -0.447 e. The van der Waals surface area contributed by atoms with Crippen LogP contribution in [0.2, 0.25) is 0 Å². The first-order valence-electron chi connectivity index (χ1n) is 7.83. The molecular formula is C16H21NO3. The summed E-state index contributed by atoms with van der Waals surface area (Å²) in [5.74, 6) is -0.0708. The highest BCUT2D eigenvalue weighted by atomic mass is 16.6. The summed E-state index contributed by atoms with van der Waals surface area (Å²) in [6, 6.07) is 1.58. The Morgan fingerprint density at radius 2 is 1.95 bits per heavy atom. The van der Waals surface area contributed by atoms with E-state index in [9.17, 15) is 9.59 Å². The van der Waals surface area contributed by atoms with Crippen LogP contribution in [0.25, 0.3) is 0 Å². The van der Waals surface area contributed by atoms with Gasteiger partial charge in [0.2, 0.25) is 0 Å². The number of carbonyl (C=O) groups is 2. The van der Waals surface area contributed by atoms with E-state index in [1.807, 2.05) is 0 Å². The van der Waals surface area contributed by atoms with Gasteiger partial charge in [-0.25, -0.2) is 4.79 Å². The molecule has 0 heterocycles. The van der Waals surface area contributed by atoms with Gasteiger partial charge in [-0.15, -0.1) is 0 Å². The Labute approximate surface area is 119 Å². The summed E-state index contributed by atoms with van der Waals surface area (Å²) in [5, 5.41) is 8.80. The molecule has 0 radical (unpaired) electrons. The van der Waals surface area contributed by atoms with Crippen molar-refractivity contribution in [3.63, 3.8) is 0 Å². The summed E-state index contributed by atoms with van der Waals surface area (Å²) in [6.07, 6.45) is 8.68. The summed E-state index contributed by atoms with van der Waals surface area (Å²) >= 11 is 0. The number of Topliss-reactive ketones (excluding diaryl/α,β-unsaturated/α-hetero) is 1. The zero-order valence-corrected chi connectivity index (χ0v) is 11.8. The second-order valence-corrected chi connectivity index (χ2v) is 6.57. The first kappa shape index (κ1) is 13.6. The average Bonchev–Trinajstić information content (AvgIpc) is 2.45. The Morgan fingerprint density at radius 3 is 2.75 bits per heavy atom. The Morgan fingerprint density at radius 1 is 1.20 bits per heavy atom. The monoisotopic (exact) mass is 275 g/mol. The van der Waals surface area contributed by atoms with Crippen molar-refractivity contribution in [3.8, 4) is 6.07 Å². The molecule has 20 heavy (non-hydrogen) atoms. The first-order valence-corrected chi connectivity index (χ1v) is 7.83. The van der Waals surface area contributed by atoms with Gasteiger partial charge < -0.3 is 4.74 Å². The lowest BCUT2D eigenvalue weighted by Crippen LogP contribution is -2.59. The molecule has 0 unspecified atom stereocenters. The second-order valence-electron chi connectivity index (χ2n) is 6.57. The summed E-state index contributed by atoms with van der Waals surface area (Å²) in [7, 11) is 0. The minimum atomic E-state index is -0.809. The van der Waals surface area contributed by atoms with Crippen LogP contribution < -0.4 is 0 Å². The molecule has 4 nitrogen and oxygen atoms in total. The summed E-state index contributed by atoms with van der Waals surface area (Å²) in [4.78, 5) is 24.1. The van der Waals surface area contributed by atoms with Gasteiger partial charge in [0.15, 0.2) is 6.07 Å². The van der Waals surface area contributed by atoms with Gasteiger partial charge >= 0.3 is 5.97 Å². The van der Waals surface area contributed by atoms with Gasteiger partial charge in [0, 0.05) is 6.42 Å². The van der Waals surface area contributed by atoms with Crippen molar-refractivity contribution in [2.24, 2.45) is 17.8 Å². The zero-order chi connectivity index (χ0) is 14.2. The maximum atomic E-state index is 12.5. The molecule has 0 aromatic heterocycles. The van der Waals surface area contributed by atoms with Crippen molar-refractivity contribution in [3.05, 3.63) is 0 Å². The quantitative estimate of drug-likeness (QED) is 0.545. The molecular weight excluding hydrogens is 254 g/mol. The highest BCUT2D eigenvalue weighted by Gasteiger charge is 2.58. The van der Waals surface area contributed by atoms with Crippen molar-refractivity contribution in [2.75, 3.05) is 0 Å². The molecule has 108 valence electrons. The molecule has 3 saturated carbocycles. The van der Waals surface area contributed by atoms with E-state index in [0.717, 1.165) is 44.9 Å². The van der Waals surface area contributed by atoms with Gasteiger partial charge in [-0.2, -0.15) is 5.26 Å². The Bertz CT molecular complexity index is 467. The van der Waals surface area contributed by atoms with Gasteiger partial charge in [0.05, 0.1) is 5.92 Å². The molecule has 0 saturated heterocycles. The Balaban J connectivity index is 2.01. The second kappa shape index (κ2) is 5.20. The maximum absolute atomic E-state index is 12.5. The first-order chi connectivity index (χ1) is 9.67. The molecule has 0 amide bonds. The SMILES string of the molecule is N#CC(=O)O[C@@]12CCC[C@H]3CCCC[C@H]1CCC(=O)[C@H]32. The molecule has 4 bridgehead atoms. The third kappa shape index (κ3) is 2.04. The molecule has 0 N–H and O–H groups in total. The predicted octanol–water partition coefficient (Wildman–Crippen LogP) is 2.76. The van der Waals surface area contributed by atoms with E-state index in [-0.39, 0.29) is 17.6 Å². The molecule has 0 aromatic rings. The van der Waals surface area contributed by atoms with Crippen LogP contribution in [0.3, 0.4) is 0 Å². The number of ketones is 1. The van der Waals surface area contributed by atoms with Gasteiger partial charge in [0.1, 0.15) is 11.4 Å². The van der Waals surface area contributed by atoms with Crippen molar-refractivity contribution in [1.29, 1.82) is 5.26 Å². The Hall–Kier alpha value is -1.37. The lowest BCUT2D eigenvalue weighted by Gasteiger charge is -2.54. The van der Waals surface area contributed by atoms with E-state index in [4.69, 9.17) is 10.00 Å². The molecule has 4 heteroatoms. The lowest BCUT2D eigenvalue weighted by molar-refractivity contribution is -0.193. The molecule has 0 aromatic carbocycles. The normalized spacial score (nSPS) is 40.1. The molecule has 3 aliphatic rings. The van der Waals surface area contributed by atoms with Crippen LogP contribution in [-0.2, 0) is 14.3 Å². The van der Waals surface area contributed by atoms with Gasteiger partial charge in [-0.3, -0.25) is 4.79 Å². The van der Waals surface area contributed by atoms with Crippen molar-refractivity contribution < 1.29 is 14.3 Å².